The number of aromatic nitrogens is 2. The largest absolute Gasteiger partial charge is 0.493 e. The Hall–Kier alpha value is -1.59. The zero-order valence-electron chi connectivity index (χ0n) is 11.4. The summed E-state index contributed by atoms with van der Waals surface area (Å²) >= 11 is 6.03. The minimum Gasteiger partial charge on any atom is -0.493 e. The Labute approximate surface area is 123 Å². The molecule has 0 atom stereocenters. The van der Waals surface area contributed by atoms with Crippen LogP contribution in [0.2, 0.25) is 5.02 Å². The molecule has 1 heterocycles. The summed E-state index contributed by atoms with van der Waals surface area (Å²) in [7, 11) is 0. The van der Waals surface area contributed by atoms with Gasteiger partial charge in [-0.05, 0) is 24.6 Å². The summed E-state index contributed by atoms with van der Waals surface area (Å²) in [5, 5.41) is 4.56. The maximum Gasteiger partial charge on any atom is 0.228 e. The average Bonchev–Trinajstić information content (AvgIpc) is 2.89. The number of nitrogens with zero attached hydrogens (tertiary/aromatic N) is 2. The van der Waals surface area contributed by atoms with Crippen molar-refractivity contribution in [2.45, 2.75) is 26.2 Å². The molecule has 5 nitrogen and oxygen atoms in total. The number of ether oxygens (including phenoxy) is 1. The molecule has 0 unspecified atom stereocenters. The Morgan fingerprint density at radius 1 is 1.40 bits per heavy atom. The Kier molecular flexibility index (Phi) is 5.38. The molecule has 6 heteroatoms. The predicted molar refractivity (Wildman–Crippen MR) is 77.9 cm³/mol. The molecule has 0 bridgehead atoms. The molecule has 1 aromatic carbocycles. The molecule has 108 valence electrons. The summed E-state index contributed by atoms with van der Waals surface area (Å²) in [5.41, 5.74) is 6.21. The lowest BCUT2D eigenvalue weighted by atomic mass is 10.2. The van der Waals surface area contributed by atoms with Crippen LogP contribution in [0, 0.1) is 0 Å². The number of nitrogens with two attached hydrogens (primary N) is 1. The highest BCUT2D eigenvalue weighted by molar-refractivity contribution is 6.30. The molecule has 0 spiro atoms. The zero-order chi connectivity index (χ0) is 14.4. The number of benzene rings is 1. The quantitative estimate of drug-likeness (QED) is 0.795. The molecule has 0 aliphatic heterocycles. The molecular formula is C14H18ClN3O2. The fourth-order valence-electron chi connectivity index (χ4n) is 1.72. The van der Waals surface area contributed by atoms with Crippen LogP contribution in [0.1, 0.15) is 25.7 Å². The van der Waals surface area contributed by atoms with Gasteiger partial charge in [-0.2, -0.15) is 4.98 Å². The van der Waals surface area contributed by atoms with Gasteiger partial charge < -0.3 is 15.0 Å². The van der Waals surface area contributed by atoms with Crippen molar-refractivity contribution in [1.29, 1.82) is 0 Å². The van der Waals surface area contributed by atoms with E-state index in [9.17, 15) is 0 Å². The molecule has 0 saturated heterocycles. The van der Waals surface area contributed by atoms with Gasteiger partial charge in [0.2, 0.25) is 11.7 Å². The second-order valence-corrected chi connectivity index (χ2v) is 4.83. The van der Waals surface area contributed by atoms with Crippen LogP contribution < -0.4 is 10.5 Å². The molecule has 0 fully saturated rings. The van der Waals surface area contributed by atoms with Crippen LogP contribution in [-0.2, 0) is 6.42 Å². The van der Waals surface area contributed by atoms with Crippen LogP contribution in [0.15, 0.2) is 22.7 Å². The van der Waals surface area contributed by atoms with Gasteiger partial charge in [0.25, 0.3) is 0 Å². The lowest BCUT2D eigenvalue weighted by Gasteiger charge is -2.09. The smallest absolute Gasteiger partial charge is 0.228 e. The van der Waals surface area contributed by atoms with Crippen molar-refractivity contribution in [3.8, 4) is 17.1 Å². The van der Waals surface area contributed by atoms with Gasteiger partial charge in [0.15, 0.2) is 0 Å². The Balaban J connectivity index is 2.25. The van der Waals surface area contributed by atoms with Crippen LogP contribution in [0.25, 0.3) is 11.4 Å². The summed E-state index contributed by atoms with van der Waals surface area (Å²) in [6.45, 7) is 3.24. The monoisotopic (exact) mass is 295 g/mol. The number of hydrogen-bond acceptors (Lipinski definition) is 5. The van der Waals surface area contributed by atoms with Gasteiger partial charge in [0.1, 0.15) is 5.75 Å². The topological polar surface area (TPSA) is 74.2 Å². The Bertz CT molecular complexity index is 557. The molecule has 0 aliphatic rings. The van der Waals surface area contributed by atoms with Crippen molar-refractivity contribution in [3.63, 3.8) is 0 Å². The standard InChI is InChI=1S/C14H18ClN3O2/c1-2-3-8-19-12-5-4-10(15)9-11(12)14-17-13(6-7-16)20-18-14/h4-5,9H,2-3,6-8,16H2,1H3. The van der Waals surface area contributed by atoms with Gasteiger partial charge >= 0.3 is 0 Å². The third-order valence-corrected chi connectivity index (χ3v) is 3.00. The Morgan fingerprint density at radius 3 is 3.00 bits per heavy atom. The van der Waals surface area contributed by atoms with E-state index in [1.165, 1.54) is 0 Å². The van der Waals surface area contributed by atoms with Gasteiger partial charge in [0.05, 0.1) is 12.2 Å². The maximum absolute atomic E-state index is 6.03. The summed E-state index contributed by atoms with van der Waals surface area (Å²) in [6, 6.07) is 5.39. The van der Waals surface area contributed by atoms with E-state index in [0.717, 1.165) is 18.4 Å². The van der Waals surface area contributed by atoms with E-state index >= 15 is 0 Å². The van der Waals surface area contributed by atoms with Crippen molar-refractivity contribution in [2.24, 2.45) is 5.73 Å². The van der Waals surface area contributed by atoms with Gasteiger partial charge in [-0.3, -0.25) is 0 Å². The van der Waals surface area contributed by atoms with E-state index < -0.39 is 0 Å². The minimum atomic E-state index is 0.469. The normalized spacial score (nSPS) is 10.8. The highest BCUT2D eigenvalue weighted by Crippen LogP contribution is 2.31. The van der Waals surface area contributed by atoms with E-state index in [2.05, 4.69) is 17.1 Å². The molecule has 0 amide bonds. The van der Waals surface area contributed by atoms with Gasteiger partial charge in [0, 0.05) is 18.0 Å². The van der Waals surface area contributed by atoms with E-state index in [4.69, 9.17) is 26.6 Å². The van der Waals surface area contributed by atoms with Crippen LogP contribution in [0.4, 0.5) is 0 Å². The van der Waals surface area contributed by atoms with Crippen LogP contribution in [-0.4, -0.2) is 23.3 Å². The van der Waals surface area contributed by atoms with Crippen molar-refractivity contribution in [1.82, 2.24) is 10.1 Å². The van der Waals surface area contributed by atoms with Gasteiger partial charge in [-0.25, -0.2) is 0 Å². The van der Waals surface area contributed by atoms with E-state index in [1.54, 1.807) is 12.1 Å². The number of hydrogen-bond donors (Lipinski definition) is 1. The first-order valence-electron chi connectivity index (χ1n) is 6.70. The van der Waals surface area contributed by atoms with E-state index in [1.807, 2.05) is 6.07 Å². The molecular weight excluding hydrogens is 278 g/mol. The van der Waals surface area contributed by atoms with Crippen molar-refractivity contribution >= 4 is 11.6 Å². The lowest BCUT2D eigenvalue weighted by Crippen LogP contribution is -2.02. The number of halogens is 1. The minimum absolute atomic E-state index is 0.469. The van der Waals surface area contributed by atoms with E-state index in [-0.39, 0.29) is 0 Å². The fourth-order valence-corrected chi connectivity index (χ4v) is 1.89. The van der Waals surface area contributed by atoms with Gasteiger partial charge in [-0.1, -0.05) is 30.1 Å². The first kappa shape index (κ1) is 14.8. The summed E-state index contributed by atoms with van der Waals surface area (Å²) in [5.74, 6) is 1.70. The Morgan fingerprint density at radius 2 is 2.25 bits per heavy atom. The molecule has 2 rings (SSSR count). The molecule has 0 saturated carbocycles. The lowest BCUT2D eigenvalue weighted by molar-refractivity contribution is 0.310. The van der Waals surface area contributed by atoms with Crippen molar-refractivity contribution < 1.29 is 9.26 Å². The summed E-state index contributed by atoms with van der Waals surface area (Å²) < 4.78 is 10.9. The second-order valence-electron chi connectivity index (χ2n) is 4.39. The first-order valence-corrected chi connectivity index (χ1v) is 7.07. The molecule has 0 radical (unpaired) electrons. The number of rotatable bonds is 7. The van der Waals surface area contributed by atoms with Crippen LogP contribution in [0.3, 0.4) is 0 Å². The van der Waals surface area contributed by atoms with Crippen molar-refractivity contribution in [3.05, 3.63) is 29.1 Å². The number of unbranched alkanes of at least 4 members (excludes halogenated alkanes) is 1. The first-order chi connectivity index (χ1) is 9.74. The summed E-state index contributed by atoms with van der Waals surface area (Å²) in [6.07, 6.45) is 2.62. The van der Waals surface area contributed by atoms with Crippen LogP contribution in [0.5, 0.6) is 5.75 Å². The highest BCUT2D eigenvalue weighted by Gasteiger charge is 2.14. The molecule has 20 heavy (non-hydrogen) atoms. The average molecular weight is 296 g/mol. The third kappa shape index (κ3) is 3.71. The second kappa shape index (κ2) is 7.26. The van der Waals surface area contributed by atoms with Gasteiger partial charge in [-0.15, -0.1) is 0 Å². The summed E-state index contributed by atoms with van der Waals surface area (Å²) in [4.78, 5) is 4.30. The zero-order valence-corrected chi connectivity index (χ0v) is 12.2. The van der Waals surface area contributed by atoms with Crippen LogP contribution >= 0.6 is 11.6 Å². The molecule has 0 aliphatic carbocycles. The third-order valence-electron chi connectivity index (χ3n) is 2.76. The maximum atomic E-state index is 6.03. The fraction of sp³-hybridized carbons (Fsp3) is 0.429. The van der Waals surface area contributed by atoms with Crippen molar-refractivity contribution in [2.75, 3.05) is 13.2 Å². The molecule has 1 aromatic heterocycles. The molecule has 2 aromatic rings. The van der Waals surface area contributed by atoms with E-state index in [0.29, 0.717) is 42.1 Å². The SMILES string of the molecule is CCCCOc1ccc(Cl)cc1-c1noc(CCN)n1. The predicted octanol–water partition coefficient (Wildman–Crippen LogP) is 3.07. The molecule has 2 N–H and O–H groups in total. The highest BCUT2D eigenvalue weighted by atomic mass is 35.5.